The SMILES string of the molecule is C=CCCCCCC(N)c1ncc(Cl)cc1Cl. The summed E-state index contributed by atoms with van der Waals surface area (Å²) < 4.78 is 0. The average molecular weight is 273 g/mol. The maximum atomic E-state index is 6.05. The molecular formula is C13H18Cl2N2. The minimum atomic E-state index is -0.108. The second kappa shape index (κ2) is 7.70. The van der Waals surface area contributed by atoms with Gasteiger partial charge in [-0.3, -0.25) is 4.98 Å². The van der Waals surface area contributed by atoms with Crippen molar-refractivity contribution in [2.24, 2.45) is 5.73 Å². The lowest BCUT2D eigenvalue weighted by molar-refractivity contribution is 0.563. The summed E-state index contributed by atoms with van der Waals surface area (Å²) in [5.74, 6) is 0. The molecule has 94 valence electrons. The highest BCUT2D eigenvalue weighted by molar-refractivity contribution is 6.34. The fourth-order valence-corrected chi connectivity index (χ4v) is 2.18. The molecule has 2 nitrogen and oxygen atoms in total. The second-order valence-electron chi connectivity index (χ2n) is 4.05. The lowest BCUT2D eigenvalue weighted by atomic mass is 10.0. The standard InChI is InChI=1S/C13H18Cl2N2/c1-2-3-4-5-6-7-12(16)13-11(15)8-10(14)9-17-13/h2,8-9,12H,1,3-7,16H2. The van der Waals surface area contributed by atoms with Crippen molar-refractivity contribution in [3.8, 4) is 0 Å². The van der Waals surface area contributed by atoms with Crippen LogP contribution in [-0.2, 0) is 0 Å². The third-order valence-corrected chi connectivity index (χ3v) is 3.12. The molecule has 17 heavy (non-hydrogen) atoms. The van der Waals surface area contributed by atoms with Gasteiger partial charge in [0.25, 0.3) is 0 Å². The summed E-state index contributed by atoms with van der Waals surface area (Å²) in [5, 5.41) is 1.09. The molecule has 0 spiro atoms. The van der Waals surface area contributed by atoms with Gasteiger partial charge in [0.1, 0.15) is 0 Å². The smallest absolute Gasteiger partial charge is 0.0757 e. The molecular weight excluding hydrogens is 255 g/mol. The quantitative estimate of drug-likeness (QED) is 0.585. The van der Waals surface area contributed by atoms with Crippen molar-refractivity contribution in [2.75, 3.05) is 0 Å². The van der Waals surface area contributed by atoms with Gasteiger partial charge in [-0.25, -0.2) is 0 Å². The Morgan fingerprint density at radius 1 is 1.35 bits per heavy atom. The maximum Gasteiger partial charge on any atom is 0.0757 e. The Morgan fingerprint density at radius 3 is 2.76 bits per heavy atom. The predicted molar refractivity (Wildman–Crippen MR) is 74.5 cm³/mol. The van der Waals surface area contributed by atoms with Gasteiger partial charge in [0.05, 0.1) is 15.7 Å². The van der Waals surface area contributed by atoms with E-state index in [1.165, 1.54) is 0 Å². The van der Waals surface area contributed by atoms with E-state index >= 15 is 0 Å². The summed E-state index contributed by atoms with van der Waals surface area (Å²) in [6.45, 7) is 3.70. The third-order valence-electron chi connectivity index (χ3n) is 2.61. The van der Waals surface area contributed by atoms with Crippen LogP contribution in [0, 0.1) is 0 Å². The van der Waals surface area contributed by atoms with E-state index in [-0.39, 0.29) is 6.04 Å². The molecule has 1 heterocycles. The van der Waals surface area contributed by atoms with E-state index < -0.39 is 0 Å². The number of pyridine rings is 1. The first-order valence-electron chi connectivity index (χ1n) is 5.82. The summed E-state index contributed by atoms with van der Waals surface area (Å²) in [6, 6.07) is 1.58. The zero-order valence-corrected chi connectivity index (χ0v) is 11.3. The molecule has 0 bridgehead atoms. The largest absolute Gasteiger partial charge is 0.323 e. The van der Waals surface area contributed by atoms with Crippen molar-refractivity contribution in [1.29, 1.82) is 0 Å². The zero-order valence-electron chi connectivity index (χ0n) is 9.83. The zero-order chi connectivity index (χ0) is 12.7. The van der Waals surface area contributed by atoms with Crippen LogP contribution in [0.4, 0.5) is 0 Å². The van der Waals surface area contributed by atoms with Crippen molar-refractivity contribution in [2.45, 2.75) is 38.1 Å². The second-order valence-corrected chi connectivity index (χ2v) is 4.90. The van der Waals surface area contributed by atoms with Crippen LogP contribution in [-0.4, -0.2) is 4.98 Å². The lowest BCUT2D eigenvalue weighted by Crippen LogP contribution is -2.12. The molecule has 4 heteroatoms. The van der Waals surface area contributed by atoms with Crippen LogP contribution < -0.4 is 5.73 Å². The van der Waals surface area contributed by atoms with Gasteiger partial charge < -0.3 is 5.73 Å². The average Bonchev–Trinajstić information content (AvgIpc) is 2.28. The van der Waals surface area contributed by atoms with Crippen LogP contribution in [0.5, 0.6) is 0 Å². The molecule has 0 amide bonds. The minimum absolute atomic E-state index is 0.108. The maximum absolute atomic E-state index is 6.05. The number of aromatic nitrogens is 1. The molecule has 2 N–H and O–H groups in total. The molecule has 0 aliphatic carbocycles. The van der Waals surface area contributed by atoms with Crippen LogP contribution in [0.25, 0.3) is 0 Å². The number of allylic oxidation sites excluding steroid dienone is 1. The lowest BCUT2D eigenvalue weighted by Gasteiger charge is -2.12. The molecule has 0 aliphatic rings. The highest BCUT2D eigenvalue weighted by Gasteiger charge is 2.11. The van der Waals surface area contributed by atoms with Crippen molar-refractivity contribution in [3.05, 3.63) is 40.7 Å². The van der Waals surface area contributed by atoms with Gasteiger partial charge >= 0.3 is 0 Å². The van der Waals surface area contributed by atoms with Gasteiger partial charge in [0.15, 0.2) is 0 Å². The normalized spacial score (nSPS) is 12.4. The molecule has 0 radical (unpaired) electrons. The van der Waals surface area contributed by atoms with Crippen LogP contribution in [0.15, 0.2) is 24.9 Å². The summed E-state index contributed by atoms with van der Waals surface area (Å²) in [4.78, 5) is 4.19. The topological polar surface area (TPSA) is 38.9 Å². The first-order valence-corrected chi connectivity index (χ1v) is 6.58. The van der Waals surface area contributed by atoms with Crippen LogP contribution >= 0.6 is 23.2 Å². The number of nitrogens with two attached hydrogens (primary N) is 1. The number of hydrogen-bond donors (Lipinski definition) is 1. The van der Waals surface area contributed by atoms with E-state index in [1.807, 2.05) is 6.08 Å². The molecule has 0 saturated carbocycles. The first kappa shape index (κ1) is 14.5. The number of hydrogen-bond acceptors (Lipinski definition) is 2. The molecule has 1 aromatic heterocycles. The summed E-state index contributed by atoms with van der Waals surface area (Å²) in [5.41, 5.74) is 6.79. The molecule has 0 aliphatic heterocycles. The minimum Gasteiger partial charge on any atom is -0.323 e. The summed E-state index contributed by atoms with van der Waals surface area (Å²) >= 11 is 11.8. The monoisotopic (exact) mass is 272 g/mol. The molecule has 0 saturated heterocycles. The molecule has 1 unspecified atom stereocenters. The van der Waals surface area contributed by atoms with Crippen molar-refractivity contribution >= 4 is 23.2 Å². The Morgan fingerprint density at radius 2 is 2.12 bits per heavy atom. The van der Waals surface area contributed by atoms with E-state index in [0.29, 0.717) is 10.0 Å². The Bertz CT molecular complexity index is 366. The number of halogens is 2. The van der Waals surface area contributed by atoms with Gasteiger partial charge in [-0.2, -0.15) is 0 Å². The van der Waals surface area contributed by atoms with Crippen molar-refractivity contribution in [3.63, 3.8) is 0 Å². The third kappa shape index (κ3) is 5.07. The fourth-order valence-electron chi connectivity index (χ4n) is 1.66. The predicted octanol–water partition coefficient (Wildman–Crippen LogP) is 4.52. The molecule has 1 atom stereocenters. The van der Waals surface area contributed by atoms with E-state index in [0.717, 1.165) is 37.8 Å². The van der Waals surface area contributed by atoms with Crippen molar-refractivity contribution in [1.82, 2.24) is 4.98 Å². The van der Waals surface area contributed by atoms with Crippen LogP contribution in [0.1, 0.15) is 43.8 Å². The van der Waals surface area contributed by atoms with Gasteiger partial charge in [0.2, 0.25) is 0 Å². The molecule has 1 aromatic rings. The number of unbranched alkanes of at least 4 members (excludes halogenated alkanes) is 3. The molecule has 0 fully saturated rings. The Labute approximate surface area is 113 Å². The van der Waals surface area contributed by atoms with Crippen LogP contribution in [0.3, 0.4) is 0 Å². The number of rotatable bonds is 7. The first-order chi connectivity index (χ1) is 8.15. The van der Waals surface area contributed by atoms with Crippen molar-refractivity contribution < 1.29 is 0 Å². The Hall–Kier alpha value is -0.570. The van der Waals surface area contributed by atoms with Gasteiger partial charge in [0, 0.05) is 12.2 Å². The Balaban J connectivity index is 2.41. The molecule has 0 aromatic carbocycles. The van der Waals surface area contributed by atoms with E-state index in [9.17, 15) is 0 Å². The highest BCUT2D eigenvalue weighted by atomic mass is 35.5. The summed E-state index contributed by atoms with van der Waals surface area (Å²) in [6.07, 6.45) is 8.89. The van der Waals surface area contributed by atoms with E-state index in [1.54, 1.807) is 12.3 Å². The van der Waals surface area contributed by atoms with Gasteiger partial charge in [-0.1, -0.05) is 42.1 Å². The summed E-state index contributed by atoms with van der Waals surface area (Å²) in [7, 11) is 0. The highest BCUT2D eigenvalue weighted by Crippen LogP contribution is 2.25. The Kier molecular flexibility index (Phi) is 6.56. The van der Waals surface area contributed by atoms with Crippen LogP contribution in [0.2, 0.25) is 10.0 Å². The van der Waals surface area contributed by atoms with Gasteiger partial charge in [-0.05, 0) is 25.3 Å². The fraction of sp³-hybridized carbons (Fsp3) is 0.462. The van der Waals surface area contributed by atoms with E-state index in [2.05, 4.69) is 11.6 Å². The molecule has 1 rings (SSSR count). The number of nitrogens with zero attached hydrogens (tertiary/aromatic N) is 1. The van der Waals surface area contributed by atoms with Gasteiger partial charge in [-0.15, -0.1) is 6.58 Å². The van der Waals surface area contributed by atoms with E-state index in [4.69, 9.17) is 28.9 Å².